The monoisotopic (exact) mass is 409 g/mol. The maximum absolute atomic E-state index is 14.2. The fourth-order valence-corrected chi connectivity index (χ4v) is 3.39. The summed E-state index contributed by atoms with van der Waals surface area (Å²) >= 11 is 0. The molecular weight excluding hydrogens is 389 g/mol. The number of anilines is 2. The van der Waals surface area contributed by atoms with Crippen molar-refractivity contribution in [1.29, 1.82) is 0 Å². The molecule has 1 N–H and O–H groups in total. The van der Waals surface area contributed by atoms with Crippen molar-refractivity contribution in [3.8, 4) is 0 Å². The molecule has 0 saturated heterocycles. The number of carbonyl (C=O) groups excluding carboxylic acids is 2. The molecule has 0 radical (unpaired) electrons. The number of hydrogen-bond donors (Lipinski definition) is 1. The van der Waals surface area contributed by atoms with Crippen LogP contribution in [0.3, 0.4) is 0 Å². The first kappa shape index (κ1) is 21.3. The number of methoxy groups -OCH3 is 1. The molecule has 0 aliphatic rings. The first-order valence-corrected chi connectivity index (χ1v) is 9.49. The van der Waals surface area contributed by atoms with E-state index in [2.05, 4.69) is 10.1 Å². The van der Waals surface area contributed by atoms with E-state index in [0.717, 1.165) is 10.4 Å². The second kappa shape index (κ2) is 8.81. The van der Waals surface area contributed by atoms with Gasteiger partial charge in [0.05, 0.1) is 18.4 Å². The molecule has 28 heavy (non-hydrogen) atoms. The Morgan fingerprint density at radius 1 is 1.11 bits per heavy atom. The predicted molar refractivity (Wildman–Crippen MR) is 103 cm³/mol. The maximum atomic E-state index is 14.2. The molecule has 2 rings (SSSR count). The smallest absolute Gasteiger partial charge is 0.337 e. The van der Waals surface area contributed by atoms with E-state index in [4.69, 9.17) is 0 Å². The molecule has 0 heterocycles. The van der Waals surface area contributed by atoms with Crippen LogP contribution in [0.25, 0.3) is 0 Å². The van der Waals surface area contributed by atoms with Crippen LogP contribution in [0.5, 0.6) is 0 Å². The summed E-state index contributed by atoms with van der Waals surface area (Å²) in [6.07, 6.45) is 0. The number of carbonyl (C=O) groups is 2. The maximum Gasteiger partial charge on any atom is 0.337 e. The topological polar surface area (TPSA) is 96.0 Å². The lowest BCUT2D eigenvalue weighted by Crippen LogP contribution is -2.44. The number of nitrogens with zero attached hydrogens (tertiary/aromatic N) is 2. The summed E-state index contributed by atoms with van der Waals surface area (Å²) in [7, 11) is -0.350. The summed E-state index contributed by atoms with van der Waals surface area (Å²) in [6, 6.07) is 11.2. The summed E-state index contributed by atoms with van der Waals surface area (Å²) in [5.74, 6) is -2.08. The number of amides is 1. The third-order valence-corrected chi connectivity index (χ3v) is 5.52. The van der Waals surface area contributed by atoms with Crippen LogP contribution in [0.4, 0.5) is 15.8 Å². The second-order valence-corrected chi connectivity index (χ2v) is 7.94. The van der Waals surface area contributed by atoms with Gasteiger partial charge in [0.2, 0.25) is 5.91 Å². The van der Waals surface area contributed by atoms with Crippen molar-refractivity contribution < 1.29 is 27.1 Å². The van der Waals surface area contributed by atoms with Crippen molar-refractivity contribution in [1.82, 2.24) is 4.31 Å². The van der Waals surface area contributed by atoms with E-state index in [1.54, 1.807) is 0 Å². The number of rotatable bonds is 7. The zero-order valence-electron chi connectivity index (χ0n) is 15.5. The summed E-state index contributed by atoms with van der Waals surface area (Å²) < 4.78 is 45.5. The van der Waals surface area contributed by atoms with Crippen LogP contribution >= 0.6 is 0 Å². The third-order valence-electron chi connectivity index (χ3n) is 3.72. The fourth-order valence-electron chi connectivity index (χ4n) is 2.31. The van der Waals surface area contributed by atoms with Gasteiger partial charge in [-0.1, -0.05) is 18.2 Å². The minimum absolute atomic E-state index is 0.215. The number of esters is 1. The largest absolute Gasteiger partial charge is 0.465 e. The van der Waals surface area contributed by atoms with Crippen LogP contribution in [0.2, 0.25) is 0 Å². The van der Waals surface area contributed by atoms with Gasteiger partial charge in [0, 0.05) is 19.8 Å². The SMILES string of the molecule is COC(=O)c1cccc(NC(=O)CN(c2ccccc2F)S(=O)(=O)N(C)C)c1. The minimum Gasteiger partial charge on any atom is -0.465 e. The summed E-state index contributed by atoms with van der Waals surface area (Å²) in [4.78, 5) is 24.0. The van der Waals surface area contributed by atoms with Gasteiger partial charge in [0.25, 0.3) is 0 Å². The van der Waals surface area contributed by atoms with Crippen LogP contribution in [-0.2, 0) is 19.7 Å². The molecule has 0 fully saturated rings. The van der Waals surface area contributed by atoms with Gasteiger partial charge in [0.15, 0.2) is 0 Å². The molecule has 10 heteroatoms. The van der Waals surface area contributed by atoms with Gasteiger partial charge in [0.1, 0.15) is 12.4 Å². The zero-order chi connectivity index (χ0) is 20.9. The van der Waals surface area contributed by atoms with E-state index >= 15 is 0 Å². The Balaban J connectivity index is 2.29. The van der Waals surface area contributed by atoms with Crippen molar-refractivity contribution in [3.63, 3.8) is 0 Å². The van der Waals surface area contributed by atoms with Crippen molar-refractivity contribution in [2.45, 2.75) is 0 Å². The molecule has 0 bridgehead atoms. The van der Waals surface area contributed by atoms with E-state index in [1.165, 1.54) is 63.7 Å². The molecule has 1 amide bonds. The van der Waals surface area contributed by atoms with Gasteiger partial charge in [-0.05, 0) is 30.3 Å². The summed E-state index contributed by atoms with van der Waals surface area (Å²) in [5, 5.41) is 2.50. The van der Waals surface area contributed by atoms with Gasteiger partial charge in [-0.15, -0.1) is 0 Å². The highest BCUT2D eigenvalue weighted by atomic mass is 32.2. The van der Waals surface area contributed by atoms with Gasteiger partial charge in [-0.25, -0.2) is 13.5 Å². The molecule has 0 saturated carbocycles. The lowest BCUT2D eigenvalue weighted by molar-refractivity contribution is -0.114. The molecule has 0 spiro atoms. The van der Waals surface area contributed by atoms with E-state index in [-0.39, 0.29) is 16.9 Å². The highest BCUT2D eigenvalue weighted by Crippen LogP contribution is 2.23. The molecule has 0 aromatic heterocycles. The highest BCUT2D eigenvalue weighted by molar-refractivity contribution is 7.90. The van der Waals surface area contributed by atoms with E-state index in [0.29, 0.717) is 4.31 Å². The van der Waals surface area contributed by atoms with Gasteiger partial charge in [-0.3, -0.25) is 4.79 Å². The van der Waals surface area contributed by atoms with Crippen LogP contribution < -0.4 is 9.62 Å². The first-order chi connectivity index (χ1) is 13.2. The molecule has 0 atom stereocenters. The van der Waals surface area contributed by atoms with Crippen LogP contribution in [0.15, 0.2) is 48.5 Å². The Morgan fingerprint density at radius 3 is 2.39 bits per heavy atom. The average molecular weight is 409 g/mol. The lowest BCUT2D eigenvalue weighted by Gasteiger charge is -2.27. The Labute approximate surface area is 162 Å². The first-order valence-electron chi connectivity index (χ1n) is 8.09. The Morgan fingerprint density at radius 2 is 1.79 bits per heavy atom. The molecule has 150 valence electrons. The van der Waals surface area contributed by atoms with Gasteiger partial charge < -0.3 is 10.1 Å². The van der Waals surface area contributed by atoms with E-state index in [1.807, 2.05) is 0 Å². The van der Waals surface area contributed by atoms with Crippen molar-refractivity contribution in [2.75, 3.05) is 37.4 Å². The molecule has 2 aromatic rings. The molecule has 0 unspecified atom stereocenters. The lowest BCUT2D eigenvalue weighted by atomic mass is 10.2. The second-order valence-electron chi connectivity index (χ2n) is 5.87. The molecule has 2 aromatic carbocycles. The van der Waals surface area contributed by atoms with Crippen molar-refractivity contribution in [3.05, 3.63) is 59.9 Å². The molecule has 0 aliphatic carbocycles. The molecule has 0 aliphatic heterocycles. The fraction of sp³-hybridized carbons (Fsp3) is 0.222. The number of hydrogen-bond acceptors (Lipinski definition) is 5. The quantitative estimate of drug-likeness (QED) is 0.705. The average Bonchev–Trinajstić information content (AvgIpc) is 2.66. The number of benzene rings is 2. The van der Waals surface area contributed by atoms with E-state index < -0.39 is 34.4 Å². The summed E-state index contributed by atoms with van der Waals surface area (Å²) in [5.41, 5.74) is 0.227. The normalized spacial score (nSPS) is 11.2. The number of nitrogens with one attached hydrogen (secondary N) is 1. The van der Waals surface area contributed by atoms with Crippen LogP contribution in [0, 0.1) is 5.82 Å². The number of ether oxygens (including phenoxy) is 1. The Hall–Kier alpha value is -2.98. The number of halogens is 1. The summed E-state index contributed by atoms with van der Waals surface area (Å²) in [6.45, 7) is -0.663. The predicted octanol–water partition coefficient (Wildman–Crippen LogP) is 1.86. The zero-order valence-corrected chi connectivity index (χ0v) is 16.4. The Kier molecular flexibility index (Phi) is 6.71. The van der Waals surface area contributed by atoms with Crippen LogP contribution in [0.1, 0.15) is 10.4 Å². The molecule has 8 nitrogen and oxygen atoms in total. The third kappa shape index (κ3) is 4.84. The standard InChI is InChI=1S/C18H20FN3O5S/c1-21(2)28(25,26)22(16-10-5-4-9-15(16)19)12-17(23)20-14-8-6-7-13(11-14)18(24)27-3/h4-11H,12H2,1-3H3,(H,20,23). The van der Waals surface area contributed by atoms with Gasteiger partial charge in [-0.2, -0.15) is 12.7 Å². The highest BCUT2D eigenvalue weighted by Gasteiger charge is 2.29. The van der Waals surface area contributed by atoms with Crippen molar-refractivity contribution in [2.24, 2.45) is 0 Å². The van der Waals surface area contributed by atoms with Crippen LogP contribution in [-0.4, -0.2) is 52.3 Å². The van der Waals surface area contributed by atoms with E-state index in [9.17, 15) is 22.4 Å². The minimum atomic E-state index is -4.14. The number of para-hydroxylation sites is 1. The van der Waals surface area contributed by atoms with Crippen molar-refractivity contribution >= 4 is 33.5 Å². The Bertz CT molecular complexity index is 979. The molecular formula is C18H20FN3O5S. The van der Waals surface area contributed by atoms with Gasteiger partial charge >= 0.3 is 16.2 Å².